The molecule has 2 nitrogen and oxygen atoms in total. The van der Waals surface area contributed by atoms with Crippen LogP contribution in [0.2, 0.25) is 0 Å². The number of anilines is 1. The van der Waals surface area contributed by atoms with Crippen LogP contribution in [0.3, 0.4) is 0 Å². The highest BCUT2D eigenvalue weighted by Crippen LogP contribution is 2.43. The van der Waals surface area contributed by atoms with Crippen LogP contribution in [0, 0.1) is 11.3 Å². The number of hydrogen-bond donors (Lipinski definition) is 1. The second kappa shape index (κ2) is 4.13. The molecule has 1 aromatic rings. The van der Waals surface area contributed by atoms with E-state index < -0.39 is 0 Å². The number of rotatable bonds is 2. The largest absolute Gasteiger partial charge is 0.390 e. The summed E-state index contributed by atoms with van der Waals surface area (Å²) in [5, 5.41) is 0.728. The van der Waals surface area contributed by atoms with Crippen molar-refractivity contribution in [2.45, 2.75) is 47.0 Å². The lowest BCUT2D eigenvalue weighted by Crippen LogP contribution is -2.22. The normalized spacial score (nSPS) is 18.2. The van der Waals surface area contributed by atoms with E-state index in [1.807, 2.05) is 13.8 Å². The molecule has 0 atom stereocenters. The Kier molecular flexibility index (Phi) is 3.06. The minimum Gasteiger partial charge on any atom is -0.390 e. The van der Waals surface area contributed by atoms with Crippen molar-refractivity contribution in [1.29, 1.82) is 0 Å². The second-order valence-electron chi connectivity index (χ2n) is 6.10. The van der Waals surface area contributed by atoms with Crippen molar-refractivity contribution >= 4 is 22.1 Å². The van der Waals surface area contributed by atoms with Gasteiger partial charge in [-0.25, -0.2) is 0 Å². The number of carbonyl (C=O) groups excluding carboxylic acids is 1. The van der Waals surface area contributed by atoms with Gasteiger partial charge in [-0.3, -0.25) is 4.79 Å². The second-order valence-corrected chi connectivity index (χ2v) is 7.24. The molecule has 0 amide bonds. The predicted molar refractivity (Wildman–Crippen MR) is 73.7 cm³/mol. The Morgan fingerprint density at radius 3 is 2.65 bits per heavy atom. The first kappa shape index (κ1) is 12.6. The third-order valence-corrected chi connectivity index (χ3v) is 4.64. The fourth-order valence-corrected chi connectivity index (χ4v) is 3.87. The summed E-state index contributed by atoms with van der Waals surface area (Å²) in [6, 6.07) is 0. The maximum atomic E-state index is 12.2. The van der Waals surface area contributed by atoms with Gasteiger partial charge in [0.1, 0.15) is 0 Å². The van der Waals surface area contributed by atoms with Crippen LogP contribution < -0.4 is 5.73 Å². The fourth-order valence-electron chi connectivity index (χ4n) is 2.49. The summed E-state index contributed by atoms with van der Waals surface area (Å²) < 4.78 is 0. The molecule has 0 unspecified atom stereocenters. The summed E-state index contributed by atoms with van der Waals surface area (Å²) in [6.45, 7) is 8.46. The van der Waals surface area contributed by atoms with E-state index in [0.29, 0.717) is 5.41 Å². The highest BCUT2D eigenvalue weighted by atomic mass is 32.1. The lowest BCUT2D eigenvalue weighted by molar-refractivity contribution is 0.0939. The molecule has 0 aliphatic heterocycles. The zero-order valence-electron chi connectivity index (χ0n) is 11.1. The molecule has 0 spiro atoms. The number of hydrogen-bond acceptors (Lipinski definition) is 3. The van der Waals surface area contributed by atoms with Gasteiger partial charge in [-0.1, -0.05) is 27.7 Å². The van der Waals surface area contributed by atoms with Crippen LogP contribution in [-0.4, -0.2) is 5.78 Å². The van der Waals surface area contributed by atoms with Crippen LogP contribution >= 0.6 is 11.3 Å². The maximum Gasteiger partial charge on any atom is 0.168 e. The Morgan fingerprint density at radius 2 is 2.06 bits per heavy atom. The molecule has 0 bridgehead atoms. The zero-order chi connectivity index (χ0) is 12.8. The van der Waals surface area contributed by atoms with Crippen molar-refractivity contribution in [2.75, 3.05) is 5.73 Å². The van der Waals surface area contributed by atoms with Crippen molar-refractivity contribution in [2.24, 2.45) is 11.3 Å². The van der Waals surface area contributed by atoms with Gasteiger partial charge in [0.15, 0.2) is 5.78 Å². The van der Waals surface area contributed by atoms with E-state index in [9.17, 15) is 4.79 Å². The molecule has 1 aliphatic rings. The van der Waals surface area contributed by atoms with Gasteiger partial charge >= 0.3 is 0 Å². The number of nitrogens with two attached hydrogens (primary N) is 1. The summed E-state index contributed by atoms with van der Waals surface area (Å²) >= 11 is 1.62. The van der Waals surface area contributed by atoms with Crippen LogP contribution in [0.4, 0.5) is 5.00 Å². The number of nitrogen functional groups attached to an aromatic ring is 1. The quantitative estimate of drug-likeness (QED) is 0.815. The van der Waals surface area contributed by atoms with Gasteiger partial charge in [0, 0.05) is 10.8 Å². The zero-order valence-corrected chi connectivity index (χ0v) is 11.9. The minimum atomic E-state index is 0.0333. The molecule has 2 rings (SSSR count). The van der Waals surface area contributed by atoms with Crippen molar-refractivity contribution in [3.05, 3.63) is 16.0 Å². The topological polar surface area (TPSA) is 43.1 Å². The number of thiophene rings is 1. The van der Waals surface area contributed by atoms with Crippen molar-refractivity contribution in [3.8, 4) is 0 Å². The lowest BCUT2D eigenvalue weighted by Gasteiger charge is -2.29. The summed E-state index contributed by atoms with van der Waals surface area (Å²) in [5.41, 5.74) is 8.47. The van der Waals surface area contributed by atoms with E-state index in [-0.39, 0.29) is 11.7 Å². The Labute approximate surface area is 107 Å². The summed E-state index contributed by atoms with van der Waals surface area (Å²) in [4.78, 5) is 13.5. The molecule has 0 saturated carbocycles. The Bertz CT molecular complexity index is 457. The highest BCUT2D eigenvalue weighted by molar-refractivity contribution is 7.16. The van der Waals surface area contributed by atoms with Crippen molar-refractivity contribution in [1.82, 2.24) is 0 Å². The number of fused-ring (bicyclic) bond motifs is 1. The van der Waals surface area contributed by atoms with E-state index >= 15 is 0 Å². The van der Waals surface area contributed by atoms with Gasteiger partial charge < -0.3 is 5.73 Å². The molecule has 94 valence electrons. The molecule has 1 heterocycles. The molecule has 1 aliphatic carbocycles. The van der Waals surface area contributed by atoms with Gasteiger partial charge in [-0.05, 0) is 30.2 Å². The van der Waals surface area contributed by atoms with Crippen LogP contribution in [0.1, 0.15) is 54.9 Å². The van der Waals surface area contributed by atoms with E-state index in [1.54, 1.807) is 11.3 Å². The summed E-state index contributed by atoms with van der Waals surface area (Å²) in [5.74, 6) is 0.241. The smallest absolute Gasteiger partial charge is 0.168 e. The van der Waals surface area contributed by atoms with E-state index in [1.165, 1.54) is 10.4 Å². The van der Waals surface area contributed by atoms with Crippen molar-refractivity contribution < 1.29 is 4.79 Å². The first-order valence-corrected chi connectivity index (χ1v) is 7.08. The third-order valence-electron chi connectivity index (χ3n) is 3.58. The van der Waals surface area contributed by atoms with E-state index in [0.717, 1.165) is 29.8 Å². The van der Waals surface area contributed by atoms with E-state index in [4.69, 9.17) is 5.73 Å². The average molecular weight is 251 g/mol. The lowest BCUT2D eigenvalue weighted by atomic mass is 9.76. The van der Waals surface area contributed by atoms with Gasteiger partial charge in [-0.2, -0.15) is 0 Å². The van der Waals surface area contributed by atoms with Gasteiger partial charge in [0.25, 0.3) is 0 Å². The Balaban J connectivity index is 2.44. The Hall–Kier alpha value is -0.830. The van der Waals surface area contributed by atoms with Gasteiger partial charge in [-0.15, -0.1) is 11.3 Å². The van der Waals surface area contributed by atoms with Crippen molar-refractivity contribution in [3.63, 3.8) is 0 Å². The molecule has 0 saturated heterocycles. The molecule has 0 aromatic carbocycles. The first-order valence-electron chi connectivity index (χ1n) is 6.26. The van der Waals surface area contributed by atoms with Crippen LogP contribution in [0.15, 0.2) is 0 Å². The molecule has 2 N–H and O–H groups in total. The SMILES string of the molecule is CC(C)C(=O)c1c(N)sc2c1CCC(C)(C)C2. The summed E-state index contributed by atoms with van der Waals surface area (Å²) in [7, 11) is 0. The fraction of sp³-hybridized carbons (Fsp3) is 0.643. The summed E-state index contributed by atoms with van der Waals surface area (Å²) in [6.07, 6.45) is 3.21. The molecule has 0 fully saturated rings. The van der Waals surface area contributed by atoms with Crippen LogP contribution in [0.25, 0.3) is 0 Å². The predicted octanol–water partition coefficient (Wildman–Crippen LogP) is 3.68. The monoisotopic (exact) mass is 251 g/mol. The first-order chi connectivity index (χ1) is 7.82. The molecular formula is C14H21NOS. The van der Waals surface area contributed by atoms with Gasteiger partial charge in [0.2, 0.25) is 0 Å². The third kappa shape index (κ3) is 2.25. The van der Waals surface area contributed by atoms with E-state index in [2.05, 4.69) is 13.8 Å². The number of carbonyl (C=O) groups is 1. The van der Waals surface area contributed by atoms with Crippen LogP contribution in [0.5, 0.6) is 0 Å². The highest BCUT2D eigenvalue weighted by Gasteiger charge is 2.32. The standard InChI is InChI=1S/C14H21NOS/c1-8(2)12(16)11-9-5-6-14(3,4)7-10(9)17-13(11)15/h8H,5-7,15H2,1-4H3. The molecule has 17 heavy (non-hydrogen) atoms. The minimum absolute atomic E-state index is 0.0333. The number of Topliss-reactive ketones (excluding diaryl/α,β-unsaturated/α-hetero) is 1. The molecular weight excluding hydrogens is 230 g/mol. The maximum absolute atomic E-state index is 12.2. The molecule has 0 radical (unpaired) electrons. The van der Waals surface area contributed by atoms with Gasteiger partial charge in [0.05, 0.1) is 10.6 Å². The number of ketones is 1. The van der Waals surface area contributed by atoms with Crippen LogP contribution in [-0.2, 0) is 12.8 Å². The average Bonchev–Trinajstić information content (AvgIpc) is 2.50. The molecule has 3 heteroatoms. The Morgan fingerprint density at radius 1 is 1.41 bits per heavy atom. The molecule has 1 aromatic heterocycles.